The van der Waals surface area contributed by atoms with Gasteiger partial charge in [0.1, 0.15) is 6.61 Å². The van der Waals surface area contributed by atoms with E-state index in [-0.39, 0.29) is 12.1 Å². The first kappa shape index (κ1) is 14.9. The molecule has 110 valence electrons. The van der Waals surface area contributed by atoms with Gasteiger partial charge in [0.05, 0.1) is 12.6 Å². The number of hydrogen-bond donors (Lipinski definition) is 1. The van der Waals surface area contributed by atoms with E-state index in [0.717, 1.165) is 13.0 Å². The monoisotopic (exact) mass is 276 g/mol. The molecule has 4 nitrogen and oxygen atoms in total. The lowest BCUT2D eigenvalue weighted by Gasteiger charge is -2.24. The van der Waals surface area contributed by atoms with Gasteiger partial charge in [0.15, 0.2) is 0 Å². The van der Waals surface area contributed by atoms with Crippen LogP contribution in [0.25, 0.3) is 0 Å². The number of amides is 1. The highest BCUT2D eigenvalue weighted by Crippen LogP contribution is 2.20. The average Bonchev–Trinajstić information content (AvgIpc) is 2.83. The number of carbonyl (C=O) groups excluding carboxylic acids is 1. The standard InChI is InChI=1S/C16H24N2O2/c1-4-7-17-15(11-18-8-9-20-16(18)19)14-6-5-12(2)13(3)10-14/h5-6,10,15,17H,4,7-9,11H2,1-3H3. The summed E-state index contributed by atoms with van der Waals surface area (Å²) in [5.74, 6) is 0. The first-order chi connectivity index (χ1) is 9.61. The van der Waals surface area contributed by atoms with Crippen molar-refractivity contribution in [2.45, 2.75) is 33.2 Å². The number of carbonyl (C=O) groups is 1. The minimum atomic E-state index is -0.197. The molecule has 1 amide bonds. The molecule has 1 aliphatic heterocycles. The Morgan fingerprint density at radius 3 is 2.75 bits per heavy atom. The second-order valence-electron chi connectivity index (χ2n) is 5.41. The molecule has 1 heterocycles. The fraction of sp³-hybridized carbons (Fsp3) is 0.562. The van der Waals surface area contributed by atoms with E-state index >= 15 is 0 Å². The van der Waals surface area contributed by atoms with Crippen LogP contribution in [0.5, 0.6) is 0 Å². The molecule has 1 saturated heterocycles. The van der Waals surface area contributed by atoms with Crippen LogP contribution in [0.2, 0.25) is 0 Å². The summed E-state index contributed by atoms with van der Waals surface area (Å²) in [6.45, 7) is 9.20. The van der Waals surface area contributed by atoms with Crippen molar-refractivity contribution in [3.63, 3.8) is 0 Å². The van der Waals surface area contributed by atoms with Crippen molar-refractivity contribution in [2.24, 2.45) is 0 Å². The van der Waals surface area contributed by atoms with E-state index in [1.165, 1.54) is 16.7 Å². The summed E-state index contributed by atoms with van der Waals surface area (Å²) in [5.41, 5.74) is 3.82. The van der Waals surface area contributed by atoms with E-state index < -0.39 is 0 Å². The SMILES string of the molecule is CCCNC(CN1CCOC1=O)c1ccc(C)c(C)c1. The van der Waals surface area contributed by atoms with Crippen LogP contribution in [0.4, 0.5) is 4.79 Å². The summed E-state index contributed by atoms with van der Waals surface area (Å²) in [4.78, 5) is 13.4. The summed E-state index contributed by atoms with van der Waals surface area (Å²) in [6, 6.07) is 6.68. The molecule has 1 fully saturated rings. The predicted molar refractivity (Wildman–Crippen MR) is 79.9 cm³/mol. The smallest absolute Gasteiger partial charge is 0.410 e. The highest BCUT2D eigenvalue weighted by atomic mass is 16.6. The van der Waals surface area contributed by atoms with Crippen molar-refractivity contribution in [3.05, 3.63) is 34.9 Å². The van der Waals surface area contributed by atoms with Gasteiger partial charge in [-0.1, -0.05) is 25.1 Å². The van der Waals surface area contributed by atoms with Gasteiger partial charge < -0.3 is 15.0 Å². The summed E-state index contributed by atoms with van der Waals surface area (Å²) in [6.07, 6.45) is 0.878. The largest absolute Gasteiger partial charge is 0.448 e. The van der Waals surface area contributed by atoms with Gasteiger partial charge >= 0.3 is 6.09 Å². The second kappa shape index (κ2) is 6.75. The summed E-state index contributed by atoms with van der Waals surface area (Å²) in [7, 11) is 0. The fourth-order valence-corrected chi connectivity index (χ4v) is 2.40. The Morgan fingerprint density at radius 2 is 2.15 bits per heavy atom. The molecular formula is C16H24N2O2. The number of cyclic esters (lactones) is 1. The van der Waals surface area contributed by atoms with Gasteiger partial charge in [-0.25, -0.2) is 4.79 Å². The Balaban J connectivity index is 2.13. The van der Waals surface area contributed by atoms with E-state index in [9.17, 15) is 4.79 Å². The first-order valence-corrected chi connectivity index (χ1v) is 7.34. The third kappa shape index (κ3) is 3.51. The third-order valence-electron chi connectivity index (χ3n) is 3.82. The van der Waals surface area contributed by atoms with Crippen LogP contribution >= 0.6 is 0 Å². The van der Waals surface area contributed by atoms with E-state index in [1.807, 2.05) is 0 Å². The number of aryl methyl sites for hydroxylation is 2. The van der Waals surface area contributed by atoms with Crippen LogP contribution in [0.3, 0.4) is 0 Å². The molecule has 0 aliphatic carbocycles. The molecule has 1 aromatic carbocycles. The topological polar surface area (TPSA) is 41.6 Å². The molecule has 0 bridgehead atoms. The van der Waals surface area contributed by atoms with Crippen molar-refractivity contribution >= 4 is 6.09 Å². The maximum Gasteiger partial charge on any atom is 0.410 e. The molecule has 0 spiro atoms. The number of hydrogen-bond acceptors (Lipinski definition) is 3. The zero-order valence-corrected chi connectivity index (χ0v) is 12.6. The number of rotatable bonds is 6. The molecule has 1 atom stereocenters. The van der Waals surface area contributed by atoms with Crippen LogP contribution in [0.1, 0.15) is 36.1 Å². The maximum absolute atomic E-state index is 11.6. The summed E-state index contributed by atoms with van der Waals surface area (Å²) < 4.78 is 5.01. The van der Waals surface area contributed by atoms with Crippen molar-refractivity contribution in [2.75, 3.05) is 26.2 Å². The molecule has 0 saturated carbocycles. The zero-order chi connectivity index (χ0) is 14.5. The van der Waals surface area contributed by atoms with Crippen molar-refractivity contribution in [1.29, 1.82) is 0 Å². The Labute approximate surface area is 121 Å². The van der Waals surface area contributed by atoms with Crippen molar-refractivity contribution in [3.8, 4) is 0 Å². The minimum Gasteiger partial charge on any atom is -0.448 e. The summed E-state index contributed by atoms with van der Waals surface area (Å²) >= 11 is 0. The van der Waals surface area contributed by atoms with E-state index in [1.54, 1.807) is 4.90 Å². The number of ether oxygens (including phenoxy) is 1. The Morgan fingerprint density at radius 1 is 1.35 bits per heavy atom. The van der Waals surface area contributed by atoms with Crippen molar-refractivity contribution in [1.82, 2.24) is 10.2 Å². The van der Waals surface area contributed by atoms with E-state index in [2.05, 4.69) is 44.3 Å². The molecule has 0 aromatic heterocycles. The molecule has 4 heteroatoms. The van der Waals surface area contributed by atoms with Crippen LogP contribution in [0.15, 0.2) is 18.2 Å². The van der Waals surface area contributed by atoms with E-state index in [4.69, 9.17) is 4.74 Å². The number of benzene rings is 1. The average molecular weight is 276 g/mol. The first-order valence-electron chi connectivity index (χ1n) is 7.34. The normalized spacial score (nSPS) is 16.4. The molecule has 1 aliphatic rings. The lowest BCUT2D eigenvalue weighted by atomic mass is 10.0. The minimum absolute atomic E-state index is 0.167. The highest BCUT2D eigenvalue weighted by Gasteiger charge is 2.25. The van der Waals surface area contributed by atoms with Gasteiger partial charge in [0.2, 0.25) is 0 Å². The van der Waals surface area contributed by atoms with Crippen LogP contribution in [-0.4, -0.2) is 37.2 Å². The quantitative estimate of drug-likeness (QED) is 0.868. The van der Waals surface area contributed by atoms with Crippen LogP contribution < -0.4 is 5.32 Å². The lowest BCUT2D eigenvalue weighted by Crippen LogP contribution is -2.36. The van der Waals surface area contributed by atoms with Crippen LogP contribution in [0, 0.1) is 13.8 Å². The van der Waals surface area contributed by atoms with Gasteiger partial charge in [0.25, 0.3) is 0 Å². The Kier molecular flexibility index (Phi) is 5.01. The molecule has 1 aromatic rings. The molecule has 20 heavy (non-hydrogen) atoms. The predicted octanol–water partition coefficient (Wildman–Crippen LogP) is 2.80. The van der Waals surface area contributed by atoms with Gasteiger partial charge in [-0.3, -0.25) is 0 Å². The Bertz CT molecular complexity index is 474. The van der Waals surface area contributed by atoms with Gasteiger partial charge in [0, 0.05) is 6.54 Å². The molecule has 1 N–H and O–H groups in total. The molecule has 2 rings (SSSR count). The number of nitrogens with zero attached hydrogens (tertiary/aromatic N) is 1. The second-order valence-corrected chi connectivity index (χ2v) is 5.41. The van der Waals surface area contributed by atoms with Gasteiger partial charge in [-0.2, -0.15) is 0 Å². The summed E-state index contributed by atoms with van der Waals surface area (Å²) in [5, 5.41) is 3.53. The van der Waals surface area contributed by atoms with Crippen molar-refractivity contribution < 1.29 is 9.53 Å². The van der Waals surface area contributed by atoms with E-state index in [0.29, 0.717) is 19.7 Å². The van der Waals surface area contributed by atoms with Gasteiger partial charge in [-0.15, -0.1) is 0 Å². The molecule has 1 unspecified atom stereocenters. The number of nitrogens with one attached hydrogen (secondary N) is 1. The molecular weight excluding hydrogens is 252 g/mol. The highest BCUT2D eigenvalue weighted by molar-refractivity contribution is 5.69. The van der Waals surface area contributed by atoms with Crippen LogP contribution in [-0.2, 0) is 4.74 Å². The maximum atomic E-state index is 11.6. The zero-order valence-electron chi connectivity index (χ0n) is 12.6. The Hall–Kier alpha value is -1.55. The van der Waals surface area contributed by atoms with Gasteiger partial charge in [-0.05, 0) is 43.5 Å². The lowest BCUT2D eigenvalue weighted by molar-refractivity contribution is 0.155. The fourth-order valence-electron chi connectivity index (χ4n) is 2.40. The third-order valence-corrected chi connectivity index (χ3v) is 3.82. The molecule has 0 radical (unpaired) electrons.